The Hall–Kier alpha value is -2.10. The van der Waals surface area contributed by atoms with Gasteiger partial charge in [0.05, 0.1) is 10.5 Å². The van der Waals surface area contributed by atoms with Gasteiger partial charge in [-0.2, -0.15) is 4.98 Å². The second kappa shape index (κ2) is 4.41. The number of rotatable bonds is 3. The molecule has 0 unspecified atom stereocenters. The topological polar surface area (TPSA) is 117 Å². The fourth-order valence-electron chi connectivity index (χ4n) is 1.12. The van der Waals surface area contributed by atoms with Gasteiger partial charge in [-0.3, -0.25) is 10.1 Å². The van der Waals surface area contributed by atoms with Crippen LogP contribution in [0.25, 0.3) is 0 Å². The van der Waals surface area contributed by atoms with Crippen LogP contribution in [0.1, 0.15) is 5.56 Å². The van der Waals surface area contributed by atoms with Gasteiger partial charge in [0.25, 0.3) is 0 Å². The van der Waals surface area contributed by atoms with E-state index in [4.69, 9.17) is 11.5 Å². The predicted molar refractivity (Wildman–Crippen MR) is 49.9 cm³/mol. The molecule has 0 spiro atoms. The van der Waals surface area contributed by atoms with Crippen LogP contribution < -0.4 is 16.2 Å². The highest BCUT2D eigenvalue weighted by Crippen LogP contribution is 2.33. The van der Waals surface area contributed by atoms with Crippen LogP contribution in [0.3, 0.4) is 0 Å². The van der Waals surface area contributed by atoms with Crippen LogP contribution in [-0.4, -0.2) is 16.3 Å². The Labute approximate surface area is 92.3 Å². The fraction of sp³-hybridized carbons (Fsp3) is 0.286. The number of hydrogen-bond donors (Lipinski definition) is 2. The summed E-state index contributed by atoms with van der Waals surface area (Å²) in [5.41, 5.74) is 9.21. The summed E-state index contributed by atoms with van der Waals surface area (Å²) in [4.78, 5) is 12.7. The van der Waals surface area contributed by atoms with Crippen molar-refractivity contribution in [3.05, 3.63) is 21.7 Å². The van der Waals surface area contributed by atoms with Gasteiger partial charge in [0.2, 0.25) is 0 Å². The summed E-state index contributed by atoms with van der Waals surface area (Å²) < 4.78 is 39.4. The van der Waals surface area contributed by atoms with Crippen LogP contribution in [-0.2, 0) is 6.54 Å². The summed E-state index contributed by atoms with van der Waals surface area (Å²) in [7, 11) is 0. The van der Waals surface area contributed by atoms with Gasteiger partial charge in [0.1, 0.15) is 5.82 Å². The van der Waals surface area contributed by atoms with E-state index >= 15 is 0 Å². The third-order valence-corrected chi connectivity index (χ3v) is 1.67. The highest BCUT2D eigenvalue weighted by atomic mass is 19.4. The molecule has 0 bridgehead atoms. The molecule has 0 aliphatic carbocycles. The molecular weight excluding hydrogens is 245 g/mol. The first-order valence-corrected chi connectivity index (χ1v) is 4.14. The van der Waals surface area contributed by atoms with E-state index < -0.39 is 22.9 Å². The van der Waals surface area contributed by atoms with Crippen LogP contribution in [0.4, 0.5) is 24.7 Å². The molecule has 0 atom stereocenters. The molecule has 17 heavy (non-hydrogen) atoms. The van der Waals surface area contributed by atoms with Gasteiger partial charge in [0.15, 0.2) is 0 Å². The first-order chi connectivity index (χ1) is 7.74. The second-order valence-corrected chi connectivity index (χ2v) is 2.87. The number of nitrogen functional groups attached to an aromatic ring is 1. The van der Waals surface area contributed by atoms with Crippen molar-refractivity contribution in [2.45, 2.75) is 12.9 Å². The van der Waals surface area contributed by atoms with E-state index in [9.17, 15) is 23.3 Å². The number of pyridine rings is 1. The normalized spacial score (nSPS) is 11.3. The van der Waals surface area contributed by atoms with Crippen LogP contribution in [0.15, 0.2) is 6.07 Å². The van der Waals surface area contributed by atoms with Crippen molar-refractivity contribution in [2.24, 2.45) is 5.73 Å². The highest BCUT2D eigenvalue weighted by molar-refractivity contribution is 5.54. The average Bonchev–Trinajstić information content (AvgIpc) is 2.12. The molecule has 0 saturated carbocycles. The Balaban J connectivity index is 3.35. The van der Waals surface area contributed by atoms with Gasteiger partial charge >= 0.3 is 17.9 Å². The third kappa shape index (κ3) is 3.17. The van der Waals surface area contributed by atoms with E-state index in [0.29, 0.717) is 0 Å². The van der Waals surface area contributed by atoms with Crippen molar-refractivity contribution >= 4 is 11.5 Å². The lowest BCUT2D eigenvalue weighted by atomic mass is 10.2. The van der Waals surface area contributed by atoms with E-state index in [2.05, 4.69) is 9.72 Å². The van der Waals surface area contributed by atoms with Crippen molar-refractivity contribution < 1.29 is 22.8 Å². The largest absolute Gasteiger partial charge is 0.574 e. The molecule has 0 aliphatic rings. The molecule has 0 aliphatic heterocycles. The van der Waals surface area contributed by atoms with Gasteiger partial charge in [0, 0.05) is 6.54 Å². The summed E-state index contributed by atoms with van der Waals surface area (Å²) in [6.45, 7) is -0.364. The monoisotopic (exact) mass is 252 g/mol. The SMILES string of the molecule is NCc1cc(N)nc(OC(F)(F)F)c1[N+](=O)[O-]. The highest BCUT2D eigenvalue weighted by Gasteiger charge is 2.36. The van der Waals surface area contributed by atoms with Gasteiger partial charge in [-0.25, -0.2) is 0 Å². The van der Waals surface area contributed by atoms with Gasteiger partial charge in [-0.1, -0.05) is 0 Å². The summed E-state index contributed by atoms with van der Waals surface area (Å²) in [5.74, 6) is -1.57. The Morgan fingerprint density at radius 1 is 1.53 bits per heavy atom. The molecule has 10 heteroatoms. The lowest BCUT2D eigenvalue weighted by Crippen LogP contribution is -2.20. The first-order valence-electron chi connectivity index (χ1n) is 4.14. The van der Waals surface area contributed by atoms with Crippen molar-refractivity contribution in [2.75, 3.05) is 5.73 Å². The van der Waals surface area contributed by atoms with Gasteiger partial charge < -0.3 is 16.2 Å². The van der Waals surface area contributed by atoms with E-state index in [1.807, 2.05) is 0 Å². The van der Waals surface area contributed by atoms with E-state index in [-0.39, 0.29) is 17.9 Å². The second-order valence-electron chi connectivity index (χ2n) is 2.87. The molecule has 0 aromatic carbocycles. The molecule has 7 nitrogen and oxygen atoms in total. The van der Waals surface area contributed by atoms with Crippen molar-refractivity contribution in [1.82, 2.24) is 4.98 Å². The Kier molecular flexibility index (Phi) is 3.36. The molecule has 1 aromatic rings. The van der Waals surface area contributed by atoms with Crippen LogP contribution in [0.2, 0.25) is 0 Å². The quantitative estimate of drug-likeness (QED) is 0.610. The molecule has 1 aromatic heterocycles. The molecule has 0 saturated heterocycles. The zero-order chi connectivity index (χ0) is 13.2. The number of nitrogens with zero attached hydrogens (tertiary/aromatic N) is 2. The van der Waals surface area contributed by atoms with Crippen LogP contribution in [0.5, 0.6) is 5.88 Å². The molecule has 0 fully saturated rings. The maximum absolute atomic E-state index is 12.0. The Morgan fingerprint density at radius 2 is 2.12 bits per heavy atom. The standard InChI is InChI=1S/C7H7F3N4O3/c8-7(9,10)17-6-5(14(15)16)3(2-11)1-4(12)13-6/h1H,2,11H2,(H2,12,13). The number of nitrogens with two attached hydrogens (primary N) is 2. The summed E-state index contributed by atoms with van der Waals surface area (Å²) in [5, 5.41) is 10.6. The minimum Gasteiger partial charge on any atom is -0.384 e. The summed E-state index contributed by atoms with van der Waals surface area (Å²) in [6, 6.07) is 1.02. The minimum atomic E-state index is -5.10. The average molecular weight is 252 g/mol. The van der Waals surface area contributed by atoms with Crippen molar-refractivity contribution in [1.29, 1.82) is 0 Å². The lowest BCUT2D eigenvalue weighted by Gasteiger charge is -2.10. The van der Waals surface area contributed by atoms with E-state index in [1.54, 1.807) is 0 Å². The summed E-state index contributed by atoms with van der Waals surface area (Å²) in [6.07, 6.45) is -5.10. The van der Waals surface area contributed by atoms with E-state index in [0.717, 1.165) is 6.07 Å². The lowest BCUT2D eigenvalue weighted by molar-refractivity contribution is -0.389. The number of nitro groups is 1. The number of halogens is 3. The zero-order valence-electron chi connectivity index (χ0n) is 8.19. The molecular formula is C7H7F3N4O3. The number of alkyl halides is 3. The van der Waals surface area contributed by atoms with Gasteiger partial charge in [-0.15, -0.1) is 13.2 Å². The van der Waals surface area contributed by atoms with Crippen LogP contribution >= 0.6 is 0 Å². The van der Waals surface area contributed by atoms with Crippen molar-refractivity contribution in [3.63, 3.8) is 0 Å². The molecule has 0 amide bonds. The van der Waals surface area contributed by atoms with Crippen molar-refractivity contribution in [3.8, 4) is 5.88 Å². The number of aromatic nitrogens is 1. The smallest absolute Gasteiger partial charge is 0.384 e. The van der Waals surface area contributed by atoms with Crippen LogP contribution in [0, 0.1) is 10.1 Å². The number of anilines is 1. The number of ether oxygens (including phenoxy) is 1. The molecule has 1 rings (SSSR count). The molecule has 94 valence electrons. The van der Waals surface area contributed by atoms with E-state index in [1.165, 1.54) is 0 Å². The first kappa shape index (κ1) is 13.0. The molecule has 4 N–H and O–H groups in total. The van der Waals surface area contributed by atoms with Gasteiger partial charge in [-0.05, 0) is 6.07 Å². The maximum Gasteiger partial charge on any atom is 0.574 e. The summed E-state index contributed by atoms with van der Waals surface area (Å²) >= 11 is 0. The minimum absolute atomic E-state index is 0.193. The molecule has 0 radical (unpaired) electrons. The maximum atomic E-state index is 12.0. The predicted octanol–water partition coefficient (Wildman–Crippen LogP) is 0.929. The number of hydrogen-bond acceptors (Lipinski definition) is 6. The Morgan fingerprint density at radius 3 is 2.53 bits per heavy atom. The molecule has 1 heterocycles. The fourth-order valence-corrected chi connectivity index (χ4v) is 1.12. The third-order valence-electron chi connectivity index (χ3n) is 1.67. The Bertz CT molecular complexity index is 449. The zero-order valence-corrected chi connectivity index (χ0v) is 8.19.